The summed E-state index contributed by atoms with van der Waals surface area (Å²) in [6.45, 7) is 3.20. The Morgan fingerprint density at radius 1 is 1.25 bits per heavy atom. The van der Waals surface area contributed by atoms with Gasteiger partial charge in [0.25, 0.3) is 0 Å². The molecule has 1 saturated heterocycles. The molecule has 0 spiro atoms. The fraction of sp³-hybridized carbons (Fsp3) is 0.409. The summed E-state index contributed by atoms with van der Waals surface area (Å²) in [6.07, 6.45) is 2.58. The quantitative estimate of drug-likeness (QED) is 0.654. The van der Waals surface area contributed by atoms with Crippen molar-refractivity contribution in [2.75, 3.05) is 20.3 Å². The number of benzene rings is 2. The lowest BCUT2D eigenvalue weighted by molar-refractivity contribution is -0.145. The van der Waals surface area contributed by atoms with Gasteiger partial charge in [0.15, 0.2) is 11.5 Å². The highest BCUT2D eigenvalue weighted by molar-refractivity contribution is 9.10. The van der Waals surface area contributed by atoms with Crippen LogP contribution in [0.3, 0.4) is 0 Å². The topological polar surface area (TPSA) is 59.0 Å². The van der Waals surface area contributed by atoms with Crippen molar-refractivity contribution in [2.45, 2.75) is 38.3 Å². The van der Waals surface area contributed by atoms with Gasteiger partial charge in [0.05, 0.1) is 19.8 Å². The molecule has 3 rings (SSSR count). The number of piperidine rings is 1. The van der Waals surface area contributed by atoms with Gasteiger partial charge in [-0.3, -0.25) is 9.69 Å². The predicted octanol–water partition coefficient (Wildman–Crippen LogP) is 4.88. The van der Waals surface area contributed by atoms with Crippen molar-refractivity contribution < 1.29 is 19.4 Å². The number of likely N-dealkylation sites (tertiary alicyclic amines) is 1. The molecule has 2 aromatic rings. The molecule has 0 aromatic heterocycles. The summed E-state index contributed by atoms with van der Waals surface area (Å²) in [6, 6.07) is 13.2. The van der Waals surface area contributed by atoms with Crippen molar-refractivity contribution in [3.05, 3.63) is 58.1 Å². The summed E-state index contributed by atoms with van der Waals surface area (Å²) in [5.74, 6) is 0.573. The van der Waals surface area contributed by atoms with E-state index >= 15 is 0 Å². The molecule has 0 radical (unpaired) electrons. The summed E-state index contributed by atoms with van der Waals surface area (Å²) in [7, 11) is 1.62. The molecule has 0 saturated carbocycles. The van der Waals surface area contributed by atoms with Crippen LogP contribution in [-0.2, 0) is 4.79 Å². The molecular formula is C22H26BrNO4. The molecular weight excluding hydrogens is 422 g/mol. The number of methoxy groups -OCH3 is 1. The second-order valence-electron chi connectivity index (χ2n) is 6.86. The van der Waals surface area contributed by atoms with E-state index in [1.54, 1.807) is 7.11 Å². The fourth-order valence-electron chi connectivity index (χ4n) is 3.91. The van der Waals surface area contributed by atoms with Crippen LogP contribution in [0.15, 0.2) is 46.9 Å². The zero-order valence-electron chi connectivity index (χ0n) is 16.2. The zero-order chi connectivity index (χ0) is 20.1. The van der Waals surface area contributed by atoms with Crippen LogP contribution in [0.5, 0.6) is 11.5 Å². The molecule has 2 atom stereocenters. The van der Waals surface area contributed by atoms with Crippen LogP contribution in [-0.4, -0.2) is 42.3 Å². The minimum atomic E-state index is -0.768. The van der Waals surface area contributed by atoms with E-state index in [9.17, 15) is 9.90 Å². The largest absolute Gasteiger partial charge is 0.493 e. The number of hydrogen-bond acceptors (Lipinski definition) is 4. The molecule has 28 heavy (non-hydrogen) atoms. The Hall–Kier alpha value is -2.05. The van der Waals surface area contributed by atoms with Gasteiger partial charge in [0.1, 0.15) is 6.04 Å². The molecule has 1 heterocycles. The second-order valence-corrected chi connectivity index (χ2v) is 7.71. The van der Waals surface area contributed by atoms with Crippen molar-refractivity contribution in [2.24, 2.45) is 0 Å². The smallest absolute Gasteiger partial charge is 0.320 e. The van der Waals surface area contributed by atoms with Gasteiger partial charge >= 0.3 is 5.97 Å². The highest BCUT2D eigenvalue weighted by Crippen LogP contribution is 2.40. The number of carbonyl (C=O) groups is 1. The maximum absolute atomic E-state index is 12.0. The van der Waals surface area contributed by atoms with Gasteiger partial charge in [-0.2, -0.15) is 0 Å². The first-order valence-electron chi connectivity index (χ1n) is 9.60. The standard InChI is InChI=1S/C22H26BrNO4/c1-3-28-20-14-15(11-12-19(20)27-2)21(16-8-4-5-9-17(16)23)24-13-7-6-10-18(24)22(25)26/h4-5,8-9,11-12,14,18,21H,3,6-7,10,13H2,1-2H3,(H,25,26). The summed E-state index contributed by atoms with van der Waals surface area (Å²) in [5.41, 5.74) is 2.03. The monoisotopic (exact) mass is 447 g/mol. The number of carboxylic acid groups (broad SMARTS) is 1. The van der Waals surface area contributed by atoms with Crippen LogP contribution < -0.4 is 9.47 Å². The lowest BCUT2D eigenvalue weighted by atomic mass is 9.91. The van der Waals surface area contributed by atoms with E-state index in [2.05, 4.69) is 20.8 Å². The SMILES string of the molecule is CCOc1cc(C(c2ccccc2Br)N2CCCCC2C(=O)O)ccc1OC. The molecule has 1 aliphatic heterocycles. The minimum Gasteiger partial charge on any atom is -0.493 e. The Morgan fingerprint density at radius 2 is 2.04 bits per heavy atom. The van der Waals surface area contributed by atoms with Gasteiger partial charge < -0.3 is 14.6 Å². The second kappa shape index (κ2) is 9.43. The summed E-state index contributed by atoms with van der Waals surface area (Å²) >= 11 is 3.67. The van der Waals surface area contributed by atoms with Crippen molar-refractivity contribution in [3.8, 4) is 11.5 Å². The molecule has 150 valence electrons. The van der Waals surface area contributed by atoms with E-state index in [1.165, 1.54) is 0 Å². The predicted molar refractivity (Wildman–Crippen MR) is 112 cm³/mol. The van der Waals surface area contributed by atoms with E-state index in [0.717, 1.165) is 35.0 Å². The van der Waals surface area contributed by atoms with Crippen molar-refractivity contribution >= 4 is 21.9 Å². The maximum Gasteiger partial charge on any atom is 0.320 e. The Morgan fingerprint density at radius 3 is 2.71 bits per heavy atom. The van der Waals surface area contributed by atoms with Crippen molar-refractivity contribution in [1.82, 2.24) is 4.90 Å². The fourth-order valence-corrected chi connectivity index (χ4v) is 4.41. The molecule has 1 aliphatic rings. The minimum absolute atomic E-state index is 0.193. The molecule has 2 aromatic carbocycles. The van der Waals surface area contributed by atoms with Gasteiger partial charge in [-0.25, -0.2) is 0 Å². The third-order valence-electron chi connectivity index (χ3n) is 5.16. The van der Waals surface area contributed by atoms with Crippen LogP contribution in [0.25, 0.3) is 0 Å². The van der Waals surface area contributed by atoms with E-state index in [-0.39, 0.29) is 6.04 Å². The van der Waals surface area contributed by atoms with Gasteiger partial charge in [-0.15, -0.1) is 0 Å². The lowest BCUT2D eigenvalue weighted by Crippen LogP contribution is -2.46. The van der Waals surface area contributed by atoms with Crippen molar-refractivity contribution in [1.29, 1.82) is 0 Å². The normalized spacial score (nSPS) is 18.5. The summed E-state index contributed by atoms with van der Waals surface area (Å²) in [4.78, 5) is 14.1. The number of hydrogen-bond donors (Lipinski definition) is 1. The highest BCUT2D eigenvalue weighted by Gasteiger charge is 2.36. The van der Waals surface area contributed by atoms with Crippen molar-refractivity contribution in [3.63, 3.8) is 0 Å². The molecule has 6 heteroatoms. The first kappa shape index (κ1) is 20.7. The number of nitrogens with zero attached hydrogens (tertiary/aromatic N) is 1. The van der Waals surface area contributed by atoms with Crippen LogP contribution >= 0.6 is 15.9 Å². The van der Waals surface area contributed by atoms with Crippen LogP contribution in [0.4, 0.5) is 0 Å². The average molecular weight is 448 g/mol. The zero-order valence-corrected chi connectivity index (χ0v) is 17.8. The Kier molecular flexibility index (Phi) is 6.97. The molecule has 2 unspecified atom stereocenters. The van der Waals surface area contributed by atoms with Gasteiger partial charge in [-0.05, 0) is 55.6 Å². The number of halogens is 1. The highest BCUT2D eigenvalue weighted by atomic mass is 79.9. The van der Waals surface area contributed by atoms with Gasteiger partial charge in [-0.1, -0.05) is 46.6 Å². The number of ether oxygens (including phenoxy) is 2. The Balaban J connectivity index is 2.13. The third-order valence-corrected chi connectivity index (χ3v) is 5.89. The number of aliphatic carboxylic acids is 1. The Bertz CT molecular complexity index is 826. The number of carboxylic acids is 1. The molecule has 0 amide bonds. The van der Waals surface area contributed by atoms with E-state index in [0.29, 0.717) is 24.5 Å². The molecule has 1 N–H and O–H groups in total. The number of rotatable bonds is 7. The van der Waals surface area contributed by atoms with E-state index < -0.39 is 12.0 Å². The maximum atomic E-state index is 12.0. The summed E-state index contributed by atoms with van der Waals surface area (Å²) < 4.78 is 12.2. The van der Waals surface area contributed by atoms with Gasteiger partial charge in [0.2, 0.25) is 0 Å². The van der Waals surface area contributed by atoms with Crippen LogP contribution in [0.1, 0.15) is 43.4 Å². The molecule has 0 bridgehead atoms. The van der Waals surface area contributed by atoms with Crippen LogP contribution in [0, 0.1) is 0 Å². The first-order valence-corrected chi connectivity index (χ1v) is 10.4. The molecule has 1 fully saturated rings. The summed E-state index contributed by atoms with van der Waals surface area (Å²) in [5, 5.41) is 9.84. The molecule has 0 aliphatic carbocycles. The Labute approximate surface area is 174 Å². The molecule has 5 nitrogen and oxygen atoms in total. The third kappa shape index (κ3) is 4.33. The van der Waals surface area contributed by atoms with E-state index in [1.807, 2.05) is 49.4 Å². The van der Waals surface area contributed by atoms with Gasteiger partial charge in [0, 0.05) is 4.47 Å². The first-order chi connectivity index (χ1) is 13.6. The van der Waals surface area contributed by atoms with Crippen LogP contribution in [0.2, 0.25) is 0 Å². The average Bonchev–Trinajstić information content (AvgIpc) is 2.70. The van der Waals surface area contributed by atoms with E-state index in [4.69, 9.17) is 9.47 Å². The lowest BCUT2D eigenvalue weighted by Gasteiger charge is -2.40.